The largest absolute Gasteiger partial charge is 0.489 e. The molecule has 2 nitrogen and oxygen atoms in total. The average molecular weight is 280 g/mol. The highest BCUT2D eigenvalue weighted by atomic mass is 16.5. The second-order valence-electron chi connectivity index (χ2n) is 5.91. The zero-order valence-electron chi connectivity index (χ0n) is 12.5. The maximum atomic E-state index is 12.3. The zero-order valence-corrected chi connectivity index (χ0v) is 12.5. The average Bonchev–Trinajstić information content (AvgIpc) is 2.49. The molecule has 1 heterocycles. The maximum Gasteiger partial charge on any atom is 0.170 e. The van der Waals surface area contributed by atoms with E-state index in [4.69, 9.17) is 4.74 Å². The predicted molar refractivity (Wildman–Crippen MR) is 84.0 cm³/mol. The Morgan fingerprint density at radius 2 is 1.95 bits per heavy atom. The van der Waals surface area contributed by atoms with Gasteiger partial charge in [0, 0.05) is 6.42 Å². The first-order valence-electron chi connectivity index (χ1n) is 7.49. The van der Waals surface area contributed by atoms with Crippen LogP contribution < -0.4 is 4.74 Å². The van der Waals surface area contributed by atoms with E-state index >= 15 is 0 Å². The molecule has 0 aromatic heterocycles. The van der Waals surface area contributed by atoms with Crippen molar-refractivity contribution in [1.82, 2.24) is 0 Å². The second kappa shape index (κ2) is 5.72. The lowest BCUT2D eigenvalue weighted by atomic mass is 9.90. The number of carbonyl (C=O) groups excluding carboxylic acids is 1. The molecule has 0 saturated heterocycles. The Kier molecular flexibility index (Phi) is 3.78. The van der Waals surface area contributed by atoms with Gasteiger partial charge in [0.2, 0.25) is 0 Å². The smallest absolute Gasteiger partial charge is 0.170 e. The molecule has 2 aromatic carbocycles. The second-order valence-corrected chi connectivity index (χ2v) is 5.91. The van der Waals surface area contributed by atoms with Crippen LogP contribution in [0.5, 0.6) is 5.75 Å². The molecule has 0 saturated carbocycles. The summed E-state index contributed by atoms with van der Waals surface area (Å²) >= 11 is 0. The number of benzene rings is 2. The number of fused-ring (bicyclic) bond motifs is 1. The molecule has 0 amide bonds. The van der Waals surface area contributed by atoms with E-state index < -0.39 is 0 Å². The van der Waals surface area contributed by atoms with Crippen LogP contribution in [0.15, 0.2) is 48.5 Å². The quantitative estimate of drug-likeness (QED) is 0.826. The van der Waals surface area contributed by atoms with Crippen molar-refractivity contribution < 1.29 is 9.53 Å². The summed E-state index contributed by atoms with van der Waals surface area (Å²) in [5.41, 5.74) is 3.13. The molecule has 2 atom stereocenters. The number of Topliss-reactive ketones (excluding diaryl/α,β-unsaturated/α-hetero) is 1. The van der Waals surface area contributed by atoms with E-state index in [2.05, 4.69) is 31.2 Å². The van der Waals surface area contributed by atoms with Gasteiger partial charge in [-0.25, -0.2) is 0 Å². The molecule has 0 aliphatic carbocycles. The lowest BCUT2D eigenvalue weighted by Gasteiger charge is -2.27. The van der Waals surface area contributed by atoms with Crippen LogP contribution in [0.1, 0.15) is 47.2 Å². The Balaban J connectivity index is 1.74. The minimum Gasteiger partial charge on any atom is -0.489 e. The Morgan fingerprint density at radius 1 is 1.19 bits per heavy atom. The van der Waals surface area contributed by atoms with Crippen molar-refractivity contribution in [2.24, 2.45) is 0 Å². The van der Waals surface area contributed by atoms with Gasteiger partial charge < -0.3 is 4.74 Å². The van der Waals surface area contributed by atoms with Gasteiger partial charge in [0.1, 0.15) is 11.9 Å². The summed E-state index contributed by atoms with van der Waals surface area (Å²) in [6.07, 6.45) is 1.32. The topological polar surface area (TPSA) is 26.3 Å². The molecule has 0 fully saturated rings. The van der Waals surface area contributed by atoms with Crippen molar-refractivity contribution >= 4 is 5.78 Å². The molecule has 1 aliphatic rings. The number of hydrogen-bond acceptors (Lipinski definition) is 2. The van der Waals surface area contributed by atoms with Crippen molar-refractivity contribution in [2.75, 3.05) is 0 Å². The number of carbonyl (C=O) groups is 1. The summed E-state index contributed by atoms with van der Waals surface area (Å²) in [5.74, 6) is 1.32. The minimum atomic E-state index is -0.0251. The van der Waals surface area contributed by atoms with Crippen LogP contribution in [-0.4, -0.2) is 11.9 Å². The molecule has 2 heteroatoms. The Morgan fingerprint density at radius 3 is 2.71 bits per heavy atom. The summed E-state index contributed by atoms with van der Waals surface area (Å²) in [6, 6.07) is 16.2. The van der Waals surface area contributed by atoms with Gasteiger partial charge >= 0.3 is 0 Å². The van der Waals surface area contributed by atoms with Gasteiger partial charge in [-0.3, -0.25) is 4.79 Å². The zero-order chi connectivity index (χ0) is 14.8. The molecule has 3 rings (SSSR count). The molecule has 21 heavy (non-hydrogen) atoms. The van der Waals surface area contributed by atoms with Gasteiger partial charge in [0.25, 0.3) is 0 Å². The van der Waals surface area contributed by atoms with Crippen molar-refractivity contribution in [3.05, 3.63) is 65.2 Å². The lowest BCUT2D eigenvalue weighted by Crippen LogP contribution is -2.28. The molecule has 108 valence electrons. The van der Waals surface area contributed by atoms with E-state index in [1.807, 2.05) is 31.2 Å². The van der Waals surface area contributed by atoms with Gasteiger partial charge in [-0.1, -0.05) is 48.9 Å². The summed E-state index contributed by atoms with van der Waals surface area (Å²) < 4.78 is 6.03. The number of ether oxygens (including phenoxy) is 1. The van der Waals surface area contributed by atoms with Crippen LogP contribution in [0.4, 0.5) is 0 Å². The van der Waals surface area contributed by atoms with Crippen LogP contribution in [0, 0.1) is 6.92 Å². The van der Waals surface area contributed by atoms with Crippen LogP contribution in [0.2, 0.25) is 0 Å². The lowest BCUT2D eigenvalue weighted by molar-refractivity contribution is 0.0830. The number of ketones is 1. The van der Waals surface area contributed by atoms with Crippen LogP contribution in [0.3, 0.4) is 0 Å². The number of hydrogen-bond donors (Lipinski definition) is 0. The minimum absolute atomic E-state index is 0.0251. The molecule has 0 spiro atoms. The van der Waals surface area contributed by atoms with Gasteiger partial charge in [0.05, 0.1) is 5.56 Å². The van der Waals surface area contributed by atoms with Gasteiger partial charge in [0.15, 0.2) is 5.78 Å². The van der Waals surface area contributed by atoms with E-state index in [0.717, 1.165) is 23.3 Å². The van der Waals surface area contributed by atoms with E-state index in [9.17, 15) is 4.79 Å². The fourth-order valence-electron chi connectivity index (χ4n) is 2.95. The highest BCUT2D eigenvalue weighted by Crippen LogP contribution is 2.32. The van der Waals surface area contributed by atoms with Crippen molar-refractivity contribution in [3.8, 4) is 5.75 Å². The first-order chi connectivity index (χ1) is 10.1. The number of aryl methyl sites for hydroxylation is 1. The highest BCUT2D eigenvalue weighted by molar-refractivity contribution is 6.00. The Labute approximate surface area is 125 Å². The molecule has 1 aliphatic heterocycles. The third kappa shape index (κ3) is 2.99. The standard InChI is InChI=1S/C19H20O2/c1-13-8-9-19-17(10-13)18(20)12-16(21-19)11-14(2)15-6-4-3-5-7-15/h3-10,14,16H,11-12H2,1-2H3. The third-order valence-electron chi connectivity index (χ3n) is 4.13. The van der Waals surface area contributed by atoms with Crippen LogP contribution in [0.25, 0.3) is 0 Å². The molecule has 2 unspecified atom stereocenters. The van der Waals surface area contributed by atoms with Crippen LogP contribution in [-0.2, 0) is 0 Å². The molecular weight excluding hydrogens is 260 g/mol. The third-order valence-corrected chi connectivity index (χ3v) is 4.13. The Bertz CT molecular complexity index is 646. The first-order valence-corrected chi connectivity index (χ1v) is 7.49. The Hall–Kier alpha value is -2.09. The predicted octanol–water partition coefficient (Wildman–Crippen LogP) is 4.52. The fraction of sp³-hybridized carbons (Fsp3) is 0.316. The van der Waals surface area contributed by atoms with Crippen molar-refractivity contribution in [2.45, 2.75) is 38.7 Å². The molecule has 0 radical (unpaired) electrons. The van der Waals surface area contributed by atoms with E-state index in [0.29, 0.717) is 12.3 Å². The molecular formula is C19H20O2. The summed E-state index contributed by atoms with van der Waals surface area (Å²) in [4.78, 5) is 12.3. The summed E-state index contributed by atoms with van der Waals surface area (Å²) in [5, 5.41) is 0. The molecule has 0 N–H and O–H groups in total. The first kappa shape index (κ1) is 13.9. The van der Waals surface area contributed by atoms with E-state index in [-0.39, 0.29) is 11.9 Å². The monoisotopic (exact) mass is 280 g/mol. The van der Waals surface area contributed by atoms with Gasteiger partial charge in [-0.15, -0.1) is 0 Å². The van der Waals surface area contributed by atoms with Gasteiger partial charge in [-0.05, 0) is 37.0 Å². The molecule has 0 bridgehead atoms. The van der Waals surface area contributed by atoms with Crippen molar-refractivity contribution in [1.29, 1.82) is 0 Å². The SMILES string of the molecule is Cc1ccc2c(c1)C(=O)CC(CC(C)c1ccccc1)O2. The highest BCUT2D eigenvalue weighted by Gasteiger charge is 2.27. The number of rotatable bonds is 3. The summed E-state index contributed by atoms with van der Waals surface area (Å²) in [7, 11) is 0. The fourth-order valence-corrected chi connectivity index (χ4v) is 2.95. The maximum absolute atomic E-state index is 12.3. The van der Waals surface area contributed by atoms with E-state index in [1.165, 1.54) is 5.56 Å². The van der Waals surface area contributed by atoms with Crippen molar-refractivity contribution in [3.63, 3.8) is 0 Å². The van der Waals surface area contributed by atoms with Crippen LogP contribution >= 0.6 is 0 Å². The van der Waals surface area contributed by atoms with E-state index in [1.54, 1.807) is 0 Å². The normalized spacial score (nSPS) is 18.8. The summed E-state index contributed by atoms with van der Waals surface area (Å²) in [6.45, 7) is 4.19. The van der Waals surface area contributed by atoms with Gasteiger partial charge in [-0.2, -0.15) is 0 Å². The molecule has 2 aromatic rings.